The summed E-state index contributed by atoms with van der Waals surface area (Å²) in [6.07, 6.45) is 2.18. The molecule has 0 radical (unpaired) electrons. The molecule has 2 amide bonds. The van der Waals surface area contributed by atoms with Crippen molar-refractivity contribution in [2.45, 2.75) is 25.8 Å². The molecule has 2 aliphatic rings. The van der Waals surface area contributed by atoms with Gasteiger partial charge in [0.15, 0.2) is 0 Å². The number of amidine groups is 1. The molecule has 2 aromatic carbocycles. The Bertz CT molecular complexity index is 1080. The standard InChI is InChI=1S/C24H27ClN4O3/c1-26-21(30)17-6-7-18(22(31)27-2)20-19(17)13-24(8-10-32-11-9-24)23(29-20)28-14-15-4-3-5-16(25)12-15/h3-7,12H,8-11,13-14H2,1-2H3,(H,26,30)(H,27,31)(H,28,29). The number of nitrogens with zero attached hydrogens (tertiary/aromatic N) is 1. The van der Waals surface area contributed by atoms with Crippen LogP contribution in [-0.2, 0) is 17.7 Å². The lowest BCUT2D eigenvalue weighted by Gasteiger charge is -2.43. The third-order valence-electron chi connectivity index (χ3n) is 6.28. The SMILES string of the molecule is CNC(=O)c1ccc(C(=O)NC)c2c1CC1(CCOCC1)C(=NCc1cccc(Cl)c1)N2. The van der Waals surface area contributed by atoms with Gasteiger partial charge in [-0.25, -0.2) is 0 Å². The molecule has 168 valence electrons. The molecule has 8 heteroatoms. The predicted molar refractivity (Wildman–Crippen MR) is 126 cm³/mol. The van der Waals surface area contributed by atoms with Crippen LogP contribution in [0.3, 0.4) is 0 Å². The summed E-state index contributed by atoms with van der Waals surface area (Å²) >= 11 is 6.14. The highest BCUT2D eigenvalue weighted by atomic mass is 35.5. The van der Waals surface area contributed by atoms with Crippen molar-refractivity contribution in [2.24, 2.45) is 10.4 Å². The van der Waals surface area contributed by atoms with Crippen LogP contribution in [0.2, 0.25) is 5.02 Å². The van der Waals surface area contributed by atoms with Gasteiger partial charge in [-0.3, -0.25) is 14.6 Å². The largest absolute Gasteiger partial charge is 0.381 e. The smallest absolute Gasteiger partial charge is 0.253 e. The van der Waals surface area contributed by atoms with Gasteiger partial charge < -0.3 is 20.7 Å². The maximum atomic E-state index is 12.6. The van der Waals surface area contributed by atoms with Gasteiger partial charge in [0.25, 0.3) is 11.8 Å². The van der Waals surface area contributed by atoms with E-state index in [9.17, 15) is 9.59 Å². The molecule has 32 heavy (non-hydrogen) atoms. The zero-order chi connectivity index (χ0) is 22.7. The third kappa shape index (κ3) is 4.23. The molecule has 0 atom stereocenters. The van der Waals surface area contributed by atoms with Crippen LogP contribution in [0.15, 0.2) is 41.4 Å². The highest BCUT2D eigenvalue weighted by molar-refractivity contribution is 6.30. The van der Waals surface area contributed by atoms with Crippen LogP contribution in [0.25, 0.3) is 0 Å². The zero-order valence-corrected chi connectivity index (χ0v) is 19.0. The molecule has 2 aliphatic heterocycles. The second-order valence-electron chi connectivity index (χ2n) is 8.16. The lowest BCUT2D eigenvalue weighted by atomic mass is 9.70. The average Bonchev–Trinajstić information content (AvgIpc) is 2.81. The number of carbonyl (C=O) groups excluding carboxylic acids is 2. The number of carbonyl (C=O) groups is 2. The van der Waals surface area contributed by atoms with Gasteiger partial charge in [0, 0.05) is 43.3 Å². The van der Waals surface area contributed by atoms with Gasteiger partial charge in [0.1, 0.15) is 5.84 Å². The maximum Gasteiger partial charge on any atom is 0.253 e. The Kier molecular flexibility index (Phi) is 6.48. The summed E-state index contributed by atoms with van der Waals surface area (Å²) < 4.78 is 5.65. The molecule has 0 aliphatic carbocycles. The minimum Gasteiger partial charge on any atom is -0.381 e. The summed E-state index contributed by atoms with van der Waals surface area (Å²) in [6, 6.07) is 11.0. The number of halogens is 1. The quantitative estimate of drug-likeness (QED) is 0.660. The minimum absolute atomic E-state index is 0.173. The Morgan fingerprint density at radius 2 is 1.78 bits per heavy atom. The van der Waals surface area contributed by atoms with Crippen LogP contribution in [0, 0.1) is 5.41 Å². The number of nitrogens with one attached hydrogen (secondary N) is 3. The van der Waals surface area contributed by atoms with Crippen LogP contribution in [0.1, 0.15) is 44.7 Å². The molecule has 0 saturated carbocycles. The summed E-state index contributed by atoms with van der Waals surface area (Å²) in [5, 5.41) is 9.54. The van der Waals surface area contributed by atoms with E-state index in [-0.39, 0.29) is 17.2 Å². The molecule has 1 saturated heterocycles. The van der Waals surface area contributed by atoms with Gasteiger partial charge >= 0.3 is 0 Å². The van der Waals surface area contributed by atoms with E-state index >= 15 is 0 Å². The number of aliphatic imine (C=N–C) groups is 1. The Balaban J connectivity index is 1.82. The van der Waals surface area contributed by atoms with Crippen LogP contribution in [0.5, 0.6) is 0 Å². The summed E-state index contributed by atoms with van der Waals surface area (Å²) in [7, 11) is 3.21. The fourth-order valence-corrected chi connectivity index (χ4v) is 4.72. The molecule has 7 nitrogen and oxygen atoms in total. The Labute approximate surface area is 192 Å². The van der Waals surface area contributed by atoms with Crippen molar-refractivity contribution < 1.29 is 14.3 Å². The lowest BCUT2D eigenvalue weighted by molar-refractivity contribution is 0.0447. The van der Waals surface area contributed by atoms with E-state index in [4.69, 9.17) is 21.3 Å². The Morgan fingerprint density at radius 1 is 1.09 bits per heavy atom. The van der Waals surface area contributed by atoms with Crippen molar-refractivity contribution in [3.8, 4) is 0 Å². The molecule has 0 aromatic heterocycles. The van der Waals surface area contributed by atoms with E-state index in [1.54, 1.807) is 26.2 Å². The van der Waals surface area contributed by atoms with E-state index in [1.165, 1.54) is 0 Å². The summed E-state index contributed by atoms with van der Waals surface area (Å²) in [5.41, 5.74) is 3.27. The van der Waals surface area contributed by atoms with Gasteiger partial charge in [-0.2, -0.15) is 0 Å². The van der Waals surface area contributed by atoms with E-state index in [0.29, 0.717) is 48.0 Å². The second kappa shape index (κ2) is 9.30. The van der Waals surface area contributed by atoms with Crippen LogP contribution in [0.4, 0.5) is 5.69 Å². The fourth-order valence-electron chi connectivity index (χ4n) is 4.51. The molecule has 1 fully saturated rings. The molecule has 3 N–H and O–H groups in total. The number of rotatable bonds is 4. The number of benzene rings is 2. The monoisotopic (exact) mass is 454 g/mol. The predicted octanol–water partition coefficient (Wildman–Crippen LogP) is 3.42. The average molecular weight is 455 g/mol. The van der Waals surface area contributed by atoms with Crippen LogP contribution < -0.4 is 16.0 Å². The Morgan fingerprint density at radius 3 is 2.47 bits per heavy atom. The maximum absolute atomic E-state index is 12.6. The van der Waals surface area contributed by atoms with Crippen LogP contribution in [-0.4, -0.2) is 45.0 Å². The van der Waals surface area contributed by atoms with Crippen molar-refractivity contribution in [2.75, 3.05) is 32.6 Å². The number of anilines is 1. The number of hydrogen-bond acceptors (Lipinski definition) is 4. The van der Waals surface area contributed by atoms with Gasteiger partial charge in [0.05, 0.1) is 17.8 Å². The summed E-state index contributed by atoms with van der Waals surface area (Å²) in [6.45, 7) is 1.71. The molecule has 0 bridgehead atoms. The number of fused-ring (bicyclic) bond motifs is 1. The van der Waals surface area contributed by atoms with Crippen molar-refractivity contribution in [3.05, 3.63) is 63.7 Å². The lowest BCUT2D eigenvalue weighted by Crippen LogP contribution is -2.47. The van der Waals surface area contributed by atoms with E-state index < -0.39 is 0 Å². The first kappa shape index (κ1) is 22.3. The highest BCUT2D eigenvalue weighted by Gasteiger charge is 2.43. The molecule has 2 aromatic rings. The minimum atomic E-state index is -0.284. The Hall–Kier alpha value is -2.90. The van der Waals surface area contributed by atoms with E-state index in [1.807, 2.05) is 24.3 Å². The first-order chi connectivity index (χ1) is 15.5. The summed E-state index contributed by atoms with van der Waals surface area (Å²) in [5.74, 6) is 0.440. The molecule has 2 heterocycles. The van der Waals surface area contributed by atoms with Crippen molar-refractivity contribution >= 4 is 34.9 Å². The molecular weight excluding hydrogens is 428 g/mol. The topological polar surface area (TPSA) is 91.8 Å². The van der Waals surface area contributed by atoms with Gasteiger partial charge in [0.2, 0.25) is 0 Å². The molecule has 1 spiro atoms. The third-order valence-corrected chi connectivity index (χ3v) is 6.51. The van der Waals surface area contributed by atoms with Gasteiger partial charge in [-0.1, -0.05) is 23.7 Å². The van der Waals surface area contributed by atoms with E-state index in [2.05, 4.69) is 16.0 Å². The number of hydrogen-bond donors (Lipinski definition) is 3. The van der Waals surface area contributed by atoms with Gasteiger partial charge in [-0.15, -0.1) is 0 Å². The normalized spacial score (nSPS) is 18.0. The molecular formula is C24H27ClN4O3. The van der Waals surface area contributed by atoms with Crippen molar-refractivity contribution in [1.82, 2.24) is 10.6 Å². The molecule has 0 unspecified atom stereocenters. The van der Waals surface area contributed by atoms with E-state index in [0.717, 1.165) is 29.8 Å². The van der Waals surface area contributed by atoms with Gasteiger partial charge in [-0.05, 0) is 54.7 Å². The zero-order valence-electron chi connectivity index (χ0n) is 18.3. The summed E-state index contributed by atoms with van der Waals surface area (Å²) in [4.78, 5) is 30.2. The fraction of sp³-hybridized carbons (Fsp3) is 0.375. The highest BCUT2D eigenvalue weighted by Crippen LogP contribution is 2.44. The molecule has 4 rings (SSSR count). The first-order valence-electron chi connectivity index (χ1n) is 10.7. The number of amides is 2. The second-order valence-corrected chi connectivity index (χ2v) is 8.60. The van der Waals surface area contributed by atoms with Crippen molar-refractivity contribution in [1.29, 1.82) is 0 Å². The number of ether oxygens (including phenoxy) is 1. The van der Waals surface area contributed by atoms with Crippen LogP contribution >= 0.6 is 11.6 Å². The van der Waals surface area contributed by atoms with Crippen molar-refractivity contribution in [3.63, 3.8) is 0 Å². The first-order valence-corrected chi connectivity index (χ1v) is 11.1.